The number of aliphatic carboxylic acids is 1. The van der Waals surface area contributed by atoms with Crippen LogP contribution in [0.3, 0.4) is 0 Å². The number of rotatable bonds is 11. The van der Waals surface area contributed by atoms with Crippen molar-refractivity contribution in [3.05, 3.63) is 130 Å². The molecule has 4 nitrogen and oxygen atoms in total. The predicted octanol–water partition coefficient (Wildman–Crippen LogP) is 9.51. The molecule has 0 aromatic heterocycles. The highest BCUT2D eigenvalue weighted by Gasteiger charge is 2.30. The minimum atomic E-state index is -4.43. The summed E-state index contributed by atoms with van der Waals surface area (Å²) in [5, 5.41) is 12.0. The molecule has 0 aliphatic heterocycles. The third-order valence-electron chi connectivity index (χ3n) is 6.65. The maximum atomic E-state index is 13.6. The summed E-state index contributed by atoms with van der Waals surface area (Å²) in [7, 11) is 0. The largest absolute Gasteiger partial charge is 0.482 e. The van der Waals surface area contributed by atoms with E-state index in [9.17, 15) is 22.4 Å². The van der Waals surface area contributed by atoms with Crippen LogP contribution in [0.1, 0.15) is 29.2 Å². The van der Waals surface area contributed by atoms with Crippen LogP contribution in [0.25, 0.3) is 11.1 Å². The third kappa shape index (κ3) is 9.81. The van der Waals surface area contributed by atoms with E-state index in [0.29, 0.717) is 28.4 Å². The fraction of sp³-hybridized carbons (Fsp3) is 0.176. The Bertz CT molecular complexity index is 1710. The third-order valence-corrected chi connectivity index (χ3v) is 8.41. The fourth-order valence-electron chi connectivity index (χ4n) is 4.43. The predicted molar refractivity (Wildman–Crippen MR) is 175 cm³/mol. The number of halogens is 5. The number of hydrogen-bond donors (Lipinski definition) is 2. The SMILES string of the molecule is C/C(=C\C(Cc1ccc(-c2ccc(F)c(Cl)c2)cc1)Sc1ccc(OCC(=O)O)c(C)c1)NC(=S)c1ccc(C(F)(F)F)cc1. The Morgan fingerprint density at radius 1 is 1.02 bits per heavy atom. The van der Waals surface area contributed by atoms with E-state index in [2.05, 4.69) is 5.32 Å². The molecule has 0 saturated carbocycles. The van der Waals surface area contributed by atoms with Crippen molar-refractivity contribution >= 4 is 46.5 Å². The first kappa shape index (κ1) is 34.0. The van der Waals surface area contributed by atoms with E-state index < -0.39 is 30.1 Å². The molecule has 4 aromatic rings. The summed E-state index contributed by atoms with van der Waals surface area (Å²) < 4.78 is 57.9. The normalized spacial score (nSPS) is 12.5. The molecular formula is C34H28ClF4NO3S2. The molecule has 4 aromatic carbocycles. The number of alkyl halides is 3. The number of thiocarbonyl (C=S) groups is 1. The second-order valence-electron chi connectivity index (χ2n) is 10.2. The number of carbonyl (C=O) groups is 1. The second kappa shape index (κ2) is 14.9. The highest BCUT2D eigenvalue weighted by molar-refractivity contribution is 8.00. The molecule has 0 aliphatic carbocycles. The van der Waals surface area contributed by atoms with E-state index in [4.69, 9.17) is 33.7 Å². The number of nitrogens with one attached hydrogen (secondary N) is 1. The molecular weight excluding hydrogens is 646 g/mol. The fourth-order valence-corrected chi connectivity index (χ4v) is 6.20. The number of allylic oxidation sites excluding steroid dienone is 1. The van der Waals surface area contributed by atoms with Gasteiger partial charge in [0.2, 0.25) is 0 Å². The highest BCUT2D eigenvalue weighted by atomic mass is 35.5. The maximum Gasteiger partial charge on any atom is 0.416 e. The van der Waals surface area contributed by atoms with E-state index in [1.165, 1.54) is 18.2 Å². The smallest absolute Gasteiger partial charge is 0.416 e. The van der Waals surface area contributed by atoms with Gasteiger partial charge in [-0.1, -0.05) is 72.4 Å². The molecule has 0 amide bonds. The van der Waals surface area contributed by atoms with Gasteiger partial charge in [-0.3, -0.25) is 0 Å². The molecule has 0 radical (unpaired) electrons. The highest BCUT2D eigenvalue weighted by Crippen LogP contribution is 2.33. The van der Waals surface area contributed by atoms with Gasteiger partial charge in [0.1, 0.15) is 16.6 Å². The molecule has 1 unspecified atom stereocenters. The number of ether oxygens (including phenoxy) is 1. The van der Waals surface area contributed by atoms with Gasteiger partial charge in [-0.05, 0) is 85.0 Å². The number of carboxylic acids is 1. The first-order chi connectivity index (χ1) is 21.3. The quantitative estimate of drug-likeness (QED) is 0.0940. The van der Waals surface area contributed by atoms with E-state index >= 15 is 0 Å². The van der Waals surface area contributed by atoms with Gasteiger partial charge >= 0.3 is 12.1 Å². The van der Waals surface area contributed by atoms with Gasteiger partial charge in [-0.15, -0.1) is 11.8 Å². The van der Waals surface area contributed by atoms with Crippen molar-refractivity contribution in [3.8, 4) is 16.9 Å². The molecule has 11 heteroatoms. The molecule has 45 heavy (non-hydrogen) atoms. The van der Waals surface area contributed by atoms with Crippen molar-refractivity contribution in [1.29, 1.82) is 0 Å². The standard InChI is InChI=1S/C34H28ClF4NO3S2/c1-20-15-27(12-14-31(20)43-19-32(41)42)45-28(16-21(2)40-33(44)24-7-10-26(11-8-24)34(37,38)39)17-22-3-5-23(6-4-22)25-9-13-30(36)29(35)18-25/h3-16,18,28H,17,19H2,1-2H3,(H,40,44)(H,41,42)/b21-16+. The van der Waals surface area contributed by atoms with Crippen molar-refractivity contribution in [3.63, 3.8) is 0 Å². The lowest BCUT2D eigenvalue weighted by atomic mass is 10.0. The van der Waals surface area contributed by atoms with Crippen LogP contribution in [0.2, 0.25) is 5.02 Å². The molecule has 2 N–H and O–H groups in total. The van der Waals surface area contributed by atoms with Crippen LogP contribution in [0.5, 0.6) is 5.75 Å². The number of hydrogen-bond acceptors (Lipinski definition) is 4. The van der Waals surface area contributed by atoms with Crippen LogP contribution in [0, 0.1) is 12.7 Å². The summed E-state index contributed by atoms with van der Waals surface area (Å²) in [4.78, 5) is 12.1. The monoisotopic (exact) mass is 673 g/mol. The Labute approximate surface area is 273 Å². The zero-order valence-corrected chi connectivity index (χ0v) is 26.5. The van der Waals surface area contributed by atoms with Crippen LogP contribution in [-0.4, -0.2) is 27.9 Å². The van der Waals surface area contributed by atoms with Gasteiger partial charge in [-0.2, -0.15) is 13.2 Å². The lowest BCUT2D eigenvalue weighted by molar-refractivity contribution is -0.139. The van der Waals surface area contributed by atoms with Crippen molar-refractivity contribution in [2.45, 2.75) is 36.6 Å². The van der Waals surface area contributed by atoms with Crippen LogP contribution in [0.4, 0.5) is 17.6 Å². The summed E-state index contributed by atoms with van der Waals surface area (Å²) in [6.45, 7) is 3.23. The Hall–Kier alpha value is -3.86. The van der Waals surface area contributed by atoms with Gasteiger partial charge in [0.05, 0.1) is 10.6 Å². The average Bonchev–Trinajstić information content (AvgIpc) is 2.98. The Morgan fingerprint density at radius 3 is 2.29 bits per heavy atom. The lowest BCUT2D eigenvalue weighted by Crippen LogP contribution is -2.21. The van der Waals surface area contributed by atoms with Crippen LogP contribution in [-0.2, 0) is 17.4 Å². The second-order valence-corrected chi connectivity index (χ2v) is 12.3. The Kier molecular flexibility index (Phi) is 11.3. The van der Waals surface area contributed by atoms with Crippen molar-refractivity contribution in [1.82, 2.24) is 5.32 Å². The van der Waals surface area contributed by atoms with Gasteiger partial charge in [0, 0.05) is 21.4 Å². The van der Waals surface area contributed by atoms with E-state index in [1.807, 2.05) is 56.3 Å². The topological polar surface area (TPSA) is 58.6 Å². The molecule has 0 aliphatic rings. The minimum absolute atomic E-state index is 0.0463. The Balaban J connectivity index is 1.55. The average molecular weight is 674 g/mol. The van der Waals surface area contributed by atoms with Gasteiger partial charge in [0.15, 0.2) is 6.61 Å². The van der Waals surface area contributed by atoms with Gasteiger partial charge < -0.3 is 15.2 Å². The van der Waals surface area contributed by atoms with E-state index in [0.717, 1.165) is 39.3 Å². The molecule has 0 saturated heterocycles. The zero-order chi connectivity index (χ0) is 32.7. The number of benzene rings is 4. The van der Waals surface area contributed by atoms with E-state index in [-0.39, 0.29) is 10.3 Å². The van der Waals surface area contributed by atoms with Crippen molar-refractivity contribution < 1.29 is 32.2 Å². The van der Waals surface area contributed by atoms with Gasteiger partial charge in [0.25, 0.3) is 0 Å². The maximum absolute atomic E-state index is 13.6. The van der Waals surface area contributed by atoms with E-state index in [1.54, 1.807) is 30.0 Å². The molecule has 0 heterocycles. The minimum Gasteiger partial charge on any atom is -0.482 e. The summed E-state index contributed by atoms with van der Waals surface area (Å²) in [5.41, 5.74) is 3.90. The summed E-state index contributed by atoms with van der Waals surface area (Å²) in [6, 6.07) is 22.6. The van der Waals surface area contributed by atoms with Crippen LogP contribution in [0.15, 0.2) is 102 Å². The lowest BCUT2D eigenvalue weighted by Gasteiger charge is -2.17. The molecule has 234 valence electrons. The molecule has 0 spiro atoms. The van der Waals surface area contributed by atoms with Crippen molar-refractivity contribution in [2.75, 3.05) is 6.61 Å². The number of thioether (sulfide) groups is 1. The first-order valence-corrected chi connectivity index (χ1v) is 15.3. The summed E-state index contributed by atoms with van der Waals surface area (Å²) in [6.07, 6.45) is -1.83. The van der Waals surface area contributed by atoms with Crippen LogP contribution >= 0.6 is 35.6 Å². The molecule has 4 rings (SSSR count). The zero-order valence-electron chi connectivity index (χ0n) is 24.1. The van der Waals surface area contributed by atoms with Gasteiger partial charge in [-0.25, -0.2) is 9.18 Å². The Morgan fingerprint density at radius 2 is 1.69 bits per heavy atom. The van der Waals surface area contributed by atoms with Crippen LogP contribution < -0.4 is 10.1 Å². The molecule has 0 fully saturated rings. The number of aryl methyl sites for hydroxylation is 1. The first-order valence-electron chi connectivity index (χ1n) is 13.6. The molecule has 1 atom stereocenters. The summed E-state index contributed by atoms with van der Waals surface area (Å²) in [5.74, 6) is -1.07. The molecule has 0 bridgehead atoms. The van der Waals surface area contributed by atoms with Crippen molar-refractivity contribution in [2.24, 2.45) is 0 Å². The number of carboxylic acid groups (broad SMARTS) is 1. The summed E-state index contributed by atoms with van der Waals surface area (Å²) >= 11 is 13.0.